The van der Waals surface area contributed by atoms with E-state index >= 15 is 0 Å². The Balaban J connectivity index is 1.81. The summed E-state index contributed by atoms with van der Waals surface area (Å²) in [4.78, 5) is 0. The van der Waals surface area contributed by atoms with Gasteiger partial charge in [-0.3, -0.25) is 0 Å². The van der Waals surface area contributed by atoms with Crippen LogP contribution in [-0.4, -0.2) is 23.6 Å². The van der Waals surface area contributed by atoms with Crippen molar-refractivity contribution in [3.05, 3.63) is 0 Å². The van der Waals surface area contributed by atoms with Gasteiger partial charge in [0.15, 0.2) is 0 Å². The Labute approximate surface area is 112 Å². The molecule has 2 atom stereocenters. The zero-order valence-corrected chi connectivity index (χ0v) is 12.2. The minimum Gasteiger partial charge on any atom is -0.313 e. The van der Waals surface area contributed by atoms with Crippen molar-refractivity contribution in [2.75, 3.05) is 12.3 Å². The Morgan fingerprint density at radius 1 is 1.12 bits per heavy atom. The molecule has 0 amide bonds. The van der Waals surface area contributed by atoms with E-state index in [1.807, 2.05) is 0 Å². The van der Waals surface area contributed by atoms with Crippen molar-refractivity contribution >= 4 is 11.8 Å². The fourth-order valence-electron chi connectivity index (χ4n) is 3.38. The van der Waals surface area contributed by atoms with E-state index < -0.39 is 0 Å². The van der Waals surface area contributed by atoms with Crippen molar-refractivity contribution in [3.8, 4) is 0 Å². The topological polar surface area (TPSA) is 12.0 Å². The number of rotatable bonds is 6. The van der Waals surface area contributed by atoms with Crippen LogP contribution >= 0.6 is 11.8 Å². The van der Waals surface area contributed by atoms with Gasteiger partial charge in [0.1, 0.15) is 0 Å². The molecule has 2 aliphatic rings. The summed E-state index contributed by atoms with van der Waals surface area (Å²) >= 11 is 2.24. The zero-order valence-electron chi connectivity index (χ0n) is 11.4. The molecule has 1 aliphatic carbocycles. The van der Waals surface area contributed by atoms with Crippen molar-refractivity contribution in [2.24, 2.45) is 5.92 Å². The summed E-state index contributed by atoms with van der Waals surface area (Å²) in [6, 6.07) is 0.809. The number of hydrogen-bond acceptors (Lipinski definition) is 2. The third-order valence-electron chi connectivity index (χ3n) is 4.38. The average Bonchev–Trinajstić information content (AvgIpc) is 2.88. The van der Waals surface area contributed by atoms with Gasteiger partial charge < -0.3 is 5.32 Å². The second-order valence-corrected chi connectivity index (χ2v) is 7.20. The lowest BCUT2D eigenvalue weighted by molar-refractivity contribution is 0.366. The summed E-state index contributed by atoms with van der Waals surface area (Å²) in [5, 5.41) is 4.76. The van der Waals surface area contributed by atoms with E-state index in [0.717, 1.165) is 17.2 Å². The van der Waals surface area contributed by atoms with Crippen LogP contribution in [-0.2, 0) is 0 Å². The summed E-state index contributed by atoms with van der Waals surface area (Å²) in [7, 11) is 0. The third kappa shape index (κ3) is 4.48. The van der Waals surface area contributed by atoms with E-state index in [-0.39, 0.29) is 0 Å². The summed E-state index contributed by atoms with van der Waals surface area (Å²) in [5.41, 5.74) is 0. The molecule has 0 aromatic carbocycles. The van der Waals surface area contributed by atoms with E-state index in [2.05, 4.69) is 24.0 Å². The van der Waals surface area contributed by atoms with E-state index in [1.54, 1.807) is 0 Å². The fourth-order valence-corrected chi connectivity index (χ4v) is 4.83. The first kappa shape index (κ1) is 13.7. The fraction of sp³-hybridized carbons (Fsp3) is 1.00. The molecule has 0 radical (unpaired) electrons. The maximum Gasteiger partial charge on any atom is 0.0201 e. The zero-order chi connectivity index (χ0) is 11.9. The molecule has 0 aromatic rings. The monoisotopic (exact) mass is 255 g/mol. The second kappa shape index (κ2) is 7.68. The molecular formula is C15H29NS. The van der Waals surface area contributed by atoms with E-state index in [4.69, 9.17) is 0 Å². The van der Waals surface area contributed by atoms with Crippen LogP contribution in [0.3, 0.4) is 0 Å². The Kier molecular flexibility index (Phi) is 6.21. The maximum atomic E-state index is 3.85. The van der Waals surface area contributed by atoms with Gasteiger partial charge in [-0.2, -0.15) is 11.8 Å². The standard InChI is InChI=1S/C15H29NS/c1-2-10-16-14(12-13-7-3-4-8-13)15-9-5-6-11-17-15/h13-16H,2-12H2,1H3. The van der Waals surface area contributed by atoms with Crippen molar-refractivity contribution < 1.29 is 0 Å². The Bertz CT molecular complexity index is 195. The molecule has 0 spiro atoms. The lowest BCUT2D eigenvalue weighted by atomic mass is 9.94. The smallest absolute Gasteiger partial charge is 0.0201 e. The van der Waals surface area contributed by atoms with E-state index in [0.29, 0.717) is 0 Å². The van der Waals surface area contributed by atoms with Crippen LogP contribution in [0.4, 0.5) is 0 Å². The summed E-state index contributed by atoms with van der Waals surface area (Å²) in [6.07, 6.45) is 13.1. The van der Waals surface area contributed by atoms with Gasteiger partial charge >= 0.3 is 0 Å². The highest BCUT2D eigenvalue weighted by Gasteiger charge is 2.27. The number of thioether (sulfide) groups is 1. The molecule has 0 bridgehead atoms. The highest BCUT2D eigenvalue weighted by molar-refractivity contribution is 8.00. The minimum atomic E-state index is 0.809. The molecule has 17 heavy (non-hydrogen) atoms. The molecule has 2 fully saturated rings. The van der Waals surface area contributed by atoms with Gasteiger partial charge in [0.2, 0.25) is 0 Å². The predicted octanol–water partition coefficient (Wildman–Crippen LogP) is 4.22. The lowest BCUT2D eigenvalue weighted by Gasteiger charge is -2.32. The Hall–Kier alpha value is 0.310. The van der Waals surface area contributed by atoms with Crippen molar-refractivity contribution in [1.82, 2.24) is 5.32 Å². The Morgan fingerprint density at radius 3 is 2.53 bits per heavy atom. The molecule has 0 aromatic heterocycles. The van der Waals surface area contributed by atoms with Gasteiger partial charge in [0.25, 0.3) is 0 Å². The minimum absolute atomic E-state index is 0.809. The van der Waals surface area contributed by atoms with Crippen molar-refractivity contribution in [1.29, 1.82) is 0 Å². The van der Waals surface area contributed by atoms with Crippen LogP contribution < -0.4 is 5.32 Å². The summed E-state index contributed by atoms with van der Waals surface area (Å²) < 4.78 is 0. The third-order valence-corrected chi connectivity index (χ3v) is 5.90. The SMILES string of the molecule is CCCNC(CC1CCCC1)C1CCCCS1. The van der Waals surface area contributed by atoms with E-state index in [1.165, 1.54) is 70.1 Å². The molecule has 2 unspecified atom stereocenters. The highest BCUT2D eigenvalue weighted by Crippen LogP contribution is 2.34. The lowest BCUT2D eigenvalue weighted by Crippen LogP contribution is -2.41. The van der Waals surface area contributed by atoms with Crippen LogP contribution in [0.1, 0.15) is 64.7 Å². The molecule has 1 saturated carbocycles. The van der Waals surface area contributed by atoms with Gasteiger partial charge in [-0.05, 0) is 43.9 Å². The van der Waals surface area contributed by atoms with Gasteiger partial charge in [-0.25, -0.2) is 0 Å². The van der Waals surface area contributed by atoms with Gasteiger partial charge in [0, 0.05) is 11.3 Å². The first-order valence-electron chi connectivity index (χ1n) is 7.75. The quantitative estimate of drug-likeness (QED) is 0.762. The molecule has 1 aliphatic heterocycles. The van der Waals surface area contributed by atoms with Crippen LogP contribution in [0.2, 0.25) is 0 Å². The normalized spacial score (nSPS) is 28.4. The van der Waals surface area contributed by atoms with E-state index in [9.17, 15) is 0 Å². The molecule has 1 heterocycles. The first-order chi connectivity index (χ1) is 8.40. The van der Waals surface area contributed by atoms with Crippen LogP contribution in [0.15, 0.2) is 0 Å². The predicted molar refractivity (Wildman–Crippen MR) is 78.8 cm³/mol. The Morgan fingerprint density at radius 2 is 1.88 bits per heavy atom. The van der Waals surface area contributed by atoms with Gasteiger partial charge in [-0.15, -0.1) is 0 Å². The van der Waals surface area contributed by atoms with Gasteiger partial charge in [-0.1, -0.05) is 39.0 Å². The summed E-state index contributed by atoms with van der Waals surface area (Å²) in [6.45, 7) is 3.50. The molecule has 1 nitrogen and oxygen atoms in total. The average molecular weight is 255 g/mol. The van der Waals surface area contributed by atoms with Crippen molar-refractivity contribution in [3.63, 3.8) is 0 Å². The van der Waals surface area contributed by atoms with Gasteiger partial charge in [0.05, 0.1) is 0 Å². The largest absolute Gasteiger partial charge is 0.313 e. The second-order valence-electron chi connectivity index (χ2n) is 5.85. The first-order valence-corrected chi connectivity index (χ1v) is 8.80. The van der Waals surface area contributed by atoms with Crippen LogP contribution in [0.5, 0.6) is 0 Å². The maximum absolute atomic E-state index is 3.85. The molecule has 1 N–H and O–H groups in total. The highest BCUT2D eigenvalue weighted by atomic mass is 32.2. The number of nitrogens with one attached hydrogen (secondary N) is 1. The molecular weight excluding hydrogens is 226 g/mol. The summed E-state index contributed by atoms with van der Waals surface area (Å²) in [5.74, 6) is 2.44. The molecule has 1 saturated heterocycles. The molecule has 2 rings (SSSR count). The van der Waals surface area contributed by atoms with Crippen LogP contribution in [0.25, 0.3) is 0 Å². The molecule has 2 heteroatoms. The van der Waals surface area contributed by atoms with Crippen molar-refractivity contribution in [2.45, 2.75) is 76.0 Å². The van der Waals surface area contributed by atoms with Crippen LogP contribution in [0, 0.1) is 5.92 Å². The number of hydrogen-bond donors (Lipinski definition) is 1. The molecule has 100 valence electrons.